The molecular formula is C10H19NO3. The Morgan fingerprint density at radius 3 is 2.36 bits per heavy atom. The van der Waals surface area contributed by atoms with Crippen molar-refractivity contribution < 1.29 is 14.7 Å². The van der Waals surface area contributed by atoms with E-state index in [4.69, 9.17) is 5.11 Å². The van der Waals surface area contributed by atoms with Crippen LogP contribution in [-0.2, 0) is 9.59 Å². The van der Waals surface area contributed by atoms with Crippen LogP contribution in [0.2, 0.25) is 0 Å². The van der Waals surface area contributed by atoms with Crippen LogP contribution in [-0.4, -0.2) is 23.0 Å². The van der Waals surface area contributed by atoms with Crippen molar-refractivity contribution in [2.24, 2.45) is 0 Å². The van der Waals surface area contributed by atoms with Crippen LogP contribution in [0.4, 0.5) is 0 Å². The molecular weight excluding hydrogens is 182 g/mol. The summed E-state index contributed by atoms with van der Waals surface area (Å²) in [6.07, 6.45) is 2.88. The Bertz CT molecular complexity index is 192. The molecule has 0 radical (unpaired) electrons. The first-order valence-electron chi connectivity index (χ1n) is 5.11. The highest BCUT2D eigenvalue weighted by atomic mass is 16.4. The van der Waals surface area contributed by atoms with Crippen LogP contribution in [0.5, 0.6) is 0 Å². The monoisotopic (exact) mass is 201 g/mol. The van der Waals surface area contributed by atoms with Crippen molar-refractivity contribution in [3.63, 3.8) is 0 Å². The van der Waals surface area contributed by atoms with Gasteiger partial charge in [-0.15, -0.1) is 0 Å². The van der Waals surface area contributed by atoms with Gasteiger partial charge in [-0.25, -0.2) is 0 Å². The van der Waals surface area contributed by atoms with Crippen molar-refractivity contribution in [3.05, 3.63) is 0 Å². The van der Waals surface area contributed by atoms with Crippen LogP contribution in [0, 0.1) is 0 Å². The van der Waals surface area contributed by atoms with E-state index in [0.717, 1.165) is 19.3 Å². The first-order valence-corrected chi connectivity index (χ1v) is 5.11. The molecule has 0 aromatic rings. The Morgan fingerprint density at radius 2 is 1.93 bits per heavy atom. The minimum atomic E-state index is -0.861. The molecule has 0 heterocycles. The molecule has 4 nitrogen and oxygen atoms in total. The molecule has 0 aliphatic rings. The summed E-state index contributed by atoms with van der Waals surface area (Å²) in [5.41, 5.74) is 0. The van der Waals surface area contributed by atoms with E-state index in [-0.39, 0.29) is 18.4 Å². The number of carboxylic acid groups (broad SMARTS) is 1. The van der Waals surface area contributed by atoms with E-state index in [1.165, 1.54) is 0 Å². The molecule has 2 N–H and O–H groups in total. The topological polar surface area (TPSA) is 66.4 Å². The van der Waals surface area contributed by atoms with Crippen molar-refractivity contribution in [1.29, 1.82) is 0 Å². The van der Waals surface area contributed by atoms with Gasteiger partial charge in [-0.3, -0.25) is 9.59 Å². The number of hydrogen-bond acceptors (Lipinski definition) is 2. The number of amides is 1. The lowest BCUT2D eigenvalue weighted by Gasteiger charge is -2.15. The van der Waals surface area contributed by atoms with Gasteiger partial charge in [-0.05, 0) is 12.8 Å². The molecule has 0 saturated carbocycles. The standard InChI is InChI=1S/C10H19NO3/c1-3-5-8(7-10(13)14)11-9(12)6-4-2/h8H,3-7H2,1-2H3,(H,11,12)(H,13,14). The van der Waals surface area contributed by atoms with Gasteiger partial charge in [0.15, 0.2) is 0 Å². The van der Waals surface area contributed by atoms with Crippen LogP contribution in [0.3, 0.4) is 0 Å². The lowest BCUT2D eigenvalue weighted by atomic mass is 10.1. The SMILES string of the molecule is CCCC(=O)NC(CCC)CC(=O)O. The van der Waals surface area contributed by atoms with E-state index in [2.05, 4.69) is 5.32 Å². The largest absolute Gasteiger partial charge is 0.481 e. The number of hydrogen-bond donors (Lipinski definition) is 2. The van der Waals surface area contributed by atoms with Crippen molar-refractivity contribution in [1.82, 2.24) is 5.32 Å². The maximum atomic E-state index is 11.2. The summed E-state index contributed by atoms with van der Waals surface area (Å²) in [6, 6.07) is -0.212. The van der Waals surface area contributed by atoms with E-state index in [0.29, 0.717) is 6.42 Å². The van der Waals surface area contributed by atoms with E-state index in [1.54, 1.807) is 0 Å². The van der Waals surface area contributed by atoms with Gasteiger partial charge in [-0.2, -0.15) is 0 Å². The first-order chi connectivity index (χ1) is 6.60. The average Bonchev–Trinajstić information content (AvgIpc) is 2.03. The van der Waals surface area contributed by atoms with Gasteiger partial charge in [-0.1, -0.05) is 20.3 Å². The Morgan fingerprint density at radius 1 is 1.29 bits per heavy atom. The first kappa shape index (κ1) is 12.9. The molecule has 0 aliphatic heterocycles. The number of rotatable bonds is 7. The van der Waals surface area contributed by atoms with Crippen LogP contribution in [0.15, 0.2) is 0 Å². The normalized spacial score (nSPS) is 12.1. The van der Waals surface area contributed by atoms with Crippen molar-refractivity contribution in [3.8, 4) is 0 Å². The van der Waals surface area contributed by atoms with Crippen LogP contribution < -0.4 is 5.32 Å². The lowest BCUT2D eigenvalue weighted by Crippen LogP contribution is -2.36. The molecule has 0 fully saturated rings. The maximum absolute atomic E-state index is 11.2. The molecule has 1 atom stereocenters. The second kappa shape index (κ2) is 7.35. The highest BCUT2D eigenvalue weighted by Crippen LogP contribution is 2.02. The molecule has 0 rings (SSSR count). The summed E-state index contributed by atoms with van der Waals surface area (Å²) in [5.74, 6) is -0.910. The second-order valence-corrected chi connectivity index (χ2v) is 3.40. The fourth-order valence-electron chi connectivity index (χ4n) is 1.31. The summed E-state index contributed by atoms with van der Waals surface area (Å²) in [4.78, 5) is 21.7. The lowest BCUT2D eigenvalue weighted by molar-refractivity contribution is -0.137. The quantitative estimate of drug-likeness (QED) is 0.656. The number of nitrogens with one attached hydrogen (secondary N) is 1. The van der Waals surface area contributed by atoms with Gasteiger partial charge in [0.05, 0.1) is 6.42 Å². The van der Waals surface area contributed by atoms with E-state index in [1.807, 2.05) is 13.8 Å². The van der Waals surface area contributed by atoms with Crippen LogP contribution in [0.1, 0.15) is 46.0 Å². The van der Waals surface area contributed by atoms with Gasteiger partial charge in [0, 0.05) is 12.5 Å². The van der Waals surface area contributed by atoms with Crippen molar-refractivity contribution in [2.45, 2.75) is 52.0 Å². The van der Waals surface area contributed by atoms with Gasteiger partial charge in [0.2, 0.25) is 5.91 Å². The smallest absolute Gasteiger partial charge is 0.305 e. The van der Waals surface area contributed by atoms with Crippen molar-refractivity contribution in [2.75, 3.05) is 0 Å². The number of carbonyl (C=O) groups is 2. The predicted molar refractivity (Wildman–Crippen MR) is 54.0 cm³/mol. The Kier molecular flexibility index (Phi) is 6.80. The third-order valence-corrected chi connectivity index (χ3v) is 1.90. The molecule has 14 heavy (non-hydrogen) atoms. The highest BCUT2D eigenvalue weighted by Gasteiger charge is 2.14. The molecule has 4 heteroatoms. The summed E-state index contributed by atoms with van der Waals surface area (Å²) in [7, 11) is 0. The van der Waals surface area contributed by atoms with E-state index >= 15 is 0 Å². The minimum Gasteiger partial charge on any atom is -0.481 e. The van der Waals surface area contributed by atoms with Gasteiger partial charge in [0.1, 0.15) is 0 Å². The zero-order chi connectivity index (χ0) is 11.0. The summed E-state index contributed by atoms with van der Waals surface area (Å²) in [5, 5.41) is 11.3. The summed E-state index contributed by atoms with van der Waals surface area (Å²) < 4.78 is 0. The highest BCUT2D eigenvalue weighted by molar-refractivity contribution is 5.77. The molecule has 0 aromatic carbocycles. The fourth-order valence-corrected chi connectivity index (χ4v) is 1.31. The predicted octanol–water partition coefficient (Wildman–Crippen LogP) is 1.55. The minimum absolute atomic E-state index is 0.0172. The third kappa shape index (κ3) is 6.46. The van der Waals surface area contributed by atoms with E-state index in [9.17, 15) is 9.59 Å². The Labute approximate surface area is 84.7 Å². The molecule has 1 unspecified atom stereocenters. The molecule has 0 spiro atoms. The van der Waals surface area contributed by atoms with Crippen LogP contribution in [0.25, 0.3) is 0 Å². The second-order valence-electron chi connectivity index (χ2n) is 3.40. The van der Waals surface area contributed by atoms with Gasteiger partial charge >= 0.3 is 5.97 Å². The maximum Gasteiger partial charge on any atom is 0.305 e. The molecule has 82 valence electrons. The number of aliphatic carboxylic acids is 1. The molecule has 0 aliphatic carbocycles. The molecule has 0 saturated heterocycles. The zero-order valence-electron chi connectivity index (χ0n) is 8.88. The number of carboxylic acids is 1. The Hall–Kier alpha value is -1.06. The molecule has 0 aromatic heterocycles. The molecule has 0 bridgehead atoms. The fraction of sp³-hybridized carbons (Fsp3) is 0.800. The third-order valence-electron chi connectivity index (χ3n) is 1.90. The van der Waals surface area contributed by atoms with Gasteiger partial charge < -0.3 is 10.4 Å². The van der Waals surface area contributed by atoms with Crippen LogP contribution >= 0.6 is 0 Å². The summed E-state index contributed by atoms with van der Waals surface area (Å²) >= 11 is 0. The Balaban J connectivity index is 3.94. The average molecular weight is 201 g/mol. The summed E-state index contributed by atoms with van der Waals surface area (Å²) in [6.45, 7) is 3.90. The number of carbonyl (C=O) groups excluding carboxylic acids is 1. The van der Waals surface area contributed by atoms with E-state index < -0.39 is 5.97 Å². The van der Waals surface area contributed by atoms with Gasteiger partial charge in [0.25, 0.3) is 0 Å². The van der Waals surface area contributed by atoms with Crippen molar-refractivity contribution >= 4 is 11.9 Å². The molecule has 1 amide bonds. The zero-order valence-corrected chi connectivity index (χ0v) is 8.88.